The fraction of sp³-hybridized carbons (Fsp3) is 0.0526. The lowest BCUT2D eigenvalue weighted by molar-refractivity contribution is 0.0950. The molecule has 1 amide bonds. The predicted molar refractivity (Wildman–Crippen MR) is 91.4 cm³/mol. The molecule has 1 aromatic heterocycles. The number of nitrogens with zero attached hydrogens (tertiary/aromatic N) is 1. The zero-order valence-electron chi connectivity index (χ0n) is 13.5. The number of carbonyl (C=O) groups excluding carboxylic acids is 1. The Morgan fingerprint density at radius 1 is 0.923 bits per heavy atom. The van der Waals surface area contributed by atoms with Gasteiger partial charge in [-0.2, -0.15) is 0 Å². The van der Waals surface area contributed by atoms with Gasteiger partial charge in [0.2, 0.25) is 0 Å². The molecule has 0 aliphatic rings. The van der Waals surface area contributed by atoms with Crippen LogP contribution >= 0.6 is 0 Å². The van der Waals surface area contributed by atoms with Crippen LogP contribution in [-0.4, -0.2) is 10.9 Å². The van der Waals surface area contributed by atoms with Crippen LogP contribution in [0.15, 0.2) is 60.8 Å². The van der Waals surface area contributed by atoms with Crippen LogP contribution in [0.4, 0.5) is 24.7 Å². The van der Waals surface area contributed by atoms with Crippen molar-refractivity contribution in [2.45, 2.75) is 6.54 Å². The normalized spacial score (nSPS) is 10.4. The lowest BCUT2D eigenvalue weighted by Crippen LogP contribution is -2.22. The third-order valence-electron chi connectivity index (χ3n) is 3.59. The van der Waals surface area contributed by atoms with E-state index in [-0.39, 0.29) is 24.0 Å². The molecule has 0 aliphatic heterocycles. The van der Waals surface area contributed by atoms with Crippen molar-refractivity contribution in [1.82, 2.24) is 10.3 Å². The zero-order chi connectivity index (χ0) is 18.5. The van der Waals surface area contributed by atoms with E-state index in [1.165, 1.54) is 36.5 Å². The molecule has 2 N–H and O–H groups in total. The summed E-state index contributed by atoms with van der Waals surface area (Å²) in [5.74, 6) is -1.79. The molecule has 7 heteroatoms. The Hall–Kier alpha value is -3.35. The predicted octanol–water partition coefficient (Wildman–Crippen LogP) is 4.17. The molecule has 0 saturated heterocycles. The van der Waals surface area contributed by atoms with Crippen molar-refractivity contribution in [2.24, 2.45) is 0 Å². The van der Waals surface area contributed by atoms with Gasteiger partial charge in [0.1, 0.15) is 23.3 Å². The number of pyridine rings is 1. The summed E-state index contributed by atoms with van der Waals surface area (Å²) in [6.07, 6.45) is 1.34. The lowest BCUT2D eigenvalue weighted by Gasteiger charge is -2.08. The molecule has 3 aromatic rings. The monoisotopic (exact) mass is 357 g/mol. The number of hydrogen-bond donors (Lipinski definition) is 2. The Kier molecular flexibility index (Phi) is 5.17. The van der Waals surface area contributed by atoms with E-state index in [2.05, 4.69) is 15.6 Å². The highest BCUT2D eigenvalue weighted by molar-refractivity contribution is 5.94. The average Bonchev–Trinajstić information content (AvgIpc) is 2.64. The summed E-state index contributed by atoms with van der Waals surface area (Å²) in [6.45, 7) is 0.250. The van der Waals surface area contributed by atoms with Crippen molar-refractivity contribution in [3.63, 3.8) is 0 Å². The summed E-state index contributed by atoms with van der Waals surface area (Å²) < 4.78 is 39.4. The van der Waals surface area contributed by atoms with Crippen molar-refractivity contribution in [3.8, 4) is 0 Å². The number of nitrogens with one attached hydrogen (secondary N) is 2. The second kappa shape index (κ2) is 7.69. The molecule has 0 aliphatic carbocycles. The highest BCUT2D eigenvalue weighted by Crippen LogP contribution is 2.19. The first-order chi connectivity index (χ1) is 12.5. The van der Waals surface area contributed by atoms with Crippen molar-refractivity contribution in [3.05, 3.63) is 89.4 Å². The van der Waals surface area contributed by atoms with Gasteiger partial charge in [-0.05, 0) is 42.0 Å². The third-order valence-corrected chi connectivity index (χ3v) is 3.59. The molecule has 26 heavy (non-hydrogen) atoms. The molecule has 132 valence electrons. The molecule has 4 nitrogen and oxygen atoms in total. The van der Waals surface area contributed by atoms with Crippen LogP contribution in [0.5, 0.6) is 0 Å². The summed E-state index contributed by atoms with van der Waals surface area (Å²) in [5, 5.41) is 5.40. The topological polar surface area (TPSA) is 54.0 Å². The van der Waals surface area contributed by atoms with E-state index in [4.69, 9.17) is 0 Å². The van der Waals surface area contributed by atoms with E-state index in [1.54, 1.807) is 12.1 Å². The Balaban J connectivity index is 1.61. The van der Waals surface area contributed by atoms with Crippen LogP contribution in [-0.2, 0) is 6.54 Å². The number of aromatic nitrogens is 1. The van der Waals surface area contributed by atoms with E-state index in [0.717, 1.165) is 17.7 Å². The van der Waals surface area contributed by atoms with Crippen LogP contribution in [0.1, 0.15) is 15.9 Å². The largest absolute Gasteiger partial charge is 0.348 e. The van der Waals surface area contributed by atoms with Gasteiger partial charge in [-0.15, -0.1) is 0 Å². The van der Waals surface area contributed by atoms with Crippen LogP contribution in [0.2, 0.25) is 0 Å². The van der Waals surface area contributed by atoms with Crippen LogP contribution in [0.3, 0.4) is 0 Å². The smallest absolute Gasteiger partial charge is 0.253 e. The number of benzene rings is 2. The van der Waals surface area contributed by atoms with Gasteiger partial charge in [-0.3, -0.25) is 4.79 Å². The number of amides is 1. The van der Waals surface area contributed by atoms with Crippen molar-refractivity contribution >= 4 is 17.4 Å². The number of halogens is 3. The molecule has 2 aromatic carbocycles. The fourth-order valence-corrected chi connectivity index (χ4v) is 2.22. The van der Waals surface area contributed by atoms with E-state index in [9.17, 15) is 18.0 Å². The van der Waals surface area contributed by atoms with Gasteiger partial charge >= 0.3 is 0 Å². The van der Waals surface area contributed by atoms with Crippen molar-refractivity contribution in [2.75, 3.05) is 5.32 Å². The van der Waals surface area contributed by atoms with Gasteiger partial charge in [0, 0.05) is 18.8 Å². The molecule has 0 fully saturated rings. The Labute approximate surface area is 147 Å². The van der Waals surface area contributed by atoms with Gasteiger partial charge in [-0.25, -0.2) is 18.2 Å². The highest BCUT2D eigenvalue weighted by Gasteiger charge is 2.08. The quantitative estimate of drug-likeness (QED) is 0.721. The molecule has 0 spiro atoms. The molecule has 3 rings (SSSR count). The molecule has 1 heterocycles. The molecule has 0 saturated carbocycles. The minimum absolute atomic E-state index is 0.0763. The maximum atomic E-state index is 13.6. The van der Waals surface area contributed by atoms with Crippen LogP contribution < -0.4 is 10.6 Å². The van der Waals surface area contributed by atoms with Gasteiger partial charge in [0.15, 0.2) is 0 Å². The first-order valence-corrected chi connectivity index (χ1v) is 7.72. The van der Waals surface area contributed by atoms with E-state index in [0.29, 0.717) is 11.4 Å². The first kappa shape index (κ1) is 17.5. The third kappa shape index (κ3) is 4.38. The molecule has 0 bridgehead atoms. The number of carbonyl (C=O) groups is 1. The summed E-state index contributed by atoms with van der Waals surface area (Å²) in [6, 6.07) is 12.0. The van der Waals surface area contributed by atoms with Crippen LogP contribution in [0.25, 0.3) is 0 Å². The molecular weight excluding hydrogens is 343 g/mol. The minimum Gasteiger partial charge on any atom is -0.348 e. The highest BCUT2D eigenvalue weighted by atomic mass is 19.1. The Bertz CT molecular complexity index is 912. The number of rotatable bonds is 5. The second-order valence-corrected chi connectivity index (χ2v) is 5.49. The molecular formula is C19H14F3N3O. The Morgan fingerprint density at radius 2 is 1.65 bits per heavy atom. The standard InChI is InChI=1S/C19H14F3N3O/c20-14-4-1-12(2-5-14)10-24-19(26)13-3-8-18(23-11-13)25-17-7-6-15(21)9-16(17)22/h1-9,11H,10H2,(H,23,25)(H,24,26). The summed E-state index contributed by atoms with van der Waals surface area (Å²) in [5.41, 5.74) is 1.16. The lowest BCUT2D eigenvalue weighted by atomic mass is 10.2. The van der Waals surface area contributed by atoms with Gasteiger partial charge in [-0.1, -0.05) is 12.1 Å². The first-order valence-electron chi connectivity index (χ1n) is 7.72. The number of hydrogen-bond acceptors (Lipinski definition) is 3. The van der Waals surface area contributed by atoms with Gasteiger partial charge in [0.25, 0.3) is 5.91 Å². The van der Waals surface area contributed by atoms with Crippen LogP contribution in [0, 0.1) is 17.5 Å². The summed E-state index contributed by atoms with van der Waals surface area (Å²) >= 11 is 0. The van der Waals surface area contributed by atoms with Crippen molar-refractivity contribution < 1.29 is 18.0 Å². The van der Waals surface area contributed by atoms with E-state index < -0.39 is 11.6 Å². The van der Waals surface area contributed by atoms with Gasteiger partial charge in [0.05, 0.1) is 11.3 Å². The minimum atomic E-state index is -0.743. The Morgan fingerprint density at radius 3 is 2.31 bits per heavy atom. The maximum Gasteiger partial charge on any atom is 0.253 e. The fourth-order valence-electron chi connectivity index (χ4n) is 2.22. The van der Waals surface area contributed by atoms with Gasteiger partial charge < -0.3 is 10.6 Å². The average molecular weight is 357 g/mol. The van der Waals surface area contributed by atoms with E-state index in [1.807, 2.05) is 0 Å². The molecule has 0 atom stereocenters. The number of anilines is 2. The summed E-state index contributed by atoms with van der Waals surface area (Å²) in [4.78, 5) is 16.1. The van der Waals surface area contributed by atoms with E-state index >= 15 is 0 Å². The zero-order valence-corrected chi connectivity index (χ0v) is 13.5. The van der Waals surface area contributed by atoms with Crippen molar-refractivity contribution in [1.29, 1.82) is 0 Å². The SMILES string of the molecule is O=C(NCc1ccc(F)cc1)c1ccc(Nc2ccc(F)cc2F)nc1. The summed E-state index contributed by atoms with van der Waals surface area (Å²) in [7, 11) is 0. The molecule has 0 radical (unpaired) electrons. The second-order valence-electron chi connectivity index (χ2n) is 5.49. The molecule has 0 unspecified atom stereocenters. The maximum absolute atomic E-state index is 13.6.